The van der Waals surface area contributed by atoms with Gasteiger partial charge in [0.25, 0.3) is 11.8 Å². The van der Waals surface area contributed by atoms with Crippen molar-refractivity contribution < 1.29 is 32.6 Å². The van der Waals surface area contributed by atoms with Crippen molar-refractivity contribution in [2.24, 2.45) is 11.7 Å². The Kier molecular flexibility index (Phi) is 8.36. The summed E-state index contributed by atoms with van der Waals surface area (Å²) in [5.74, 6) is 1.76. The number of carbonyl (C=O) groups is 2. The summed E-state index contributed by atoms with van der Waals surface area (Å²) in [6, 6.07) is 2.35. The maximum absolute atomic E-state index is 13.6. The van der Waals surface area contributed by atoms with Crippen LogP contribution < -0.4 is 20.5 Å². The number of rotatable bonds is 8. The van der Waals surface area contributed by atoms with Gasteiger partial charge in [-0.15, -0.1) is 0 Å². The van der Waals surface area contributed by atoms with Crippen LogP contribution >= 0.6 is 0 Å². The van der Waals surface area contributed by atoms with Crippen LogP contribution in [0.25, 0.3) is 10.8 Å². The molecule has 8 nitrogen and oxygen atoms in total. The molecule has 1 aromatic heterocycles. The fourth-order valence-corrected chi connectivity index (χ4v) is 4.81. The average Bonchev–Trinajstić information content (AvgIpc) is 3.13. The van der Waals surface area contributed by atoms with E-state index in [2.05, 4.69) is 22.1 Å². The van der Waals surface area contributed by atoms with E-state index in [9.17, 15) is 18.4 Å². The molecule has 0 spiro atoms. The van der Waals surface area contributed by atoms with Crippen molar-refractivity contribution in [3.8, 4) is 23.5 Å². The summed E-state index contributed by atoms with van der Waals surface area (Å²) in [7, 11) is 0. The molecule has 10 heteroatoms. The highest BCUT2D eigenvalue weighted by molar-refractivity contribution is 6.03. The van der Waals surface area contributed by atoms with Gasteiger partial charge in [-0.3, -0.25) is 9.59 Å². The normalized spacial score (nSPS) is 22.6. The number of nitrogens with one attached hydrogen (secondary N) is 1. The Hall–Kier alpha value is -3.45. The molecular formula is C28H33F2N3O5. The summed E-state index contributed by atoms with van der Waals surface area (Å²) in [5, 5.41) is 3.32. The van der Waals surface area contributed by atoms with Crippen LogP contribution in [0.1, 0.15) is 68.8 Å². The molecule has 0 radical (unpaired) electrons. The van der Waals surface area contributed by atoms with Gasteiger partial charge >= 0.3 is 5.92 Å². The summed E-state index contributed by atoms with van der Waals surface area (Å²) in [6.45, 7) is 6.13. The van der Waals surface area contributed by atoms with Crippen molar-refractivity contribution in [1.29, 1.82) is 0 Å². The lowest BCUT2D eigenvalue weighted by atomic mass is 9.87. The number of alkyl halides is 2. The Bertz CT molecular complexity index is 1260. The molecule has 3 N–H and O–H groups in total. The van der Waals surface area contributed by atoms with Crippen LogP contribution in [0.2, 0.25) is 0 Å². The molecule has 38 heavy (non-hydrogen) atoms. The number of hydrogen-bond acceptors (Lipinski definition) is 6. The van der Waals surface area contributed by atoms with E-state index in [1.54, 1.807) is 12.1 Å². The van der Waals surface area contributed by atoms with Gasteiger partial charge in [-0.25, -0.2) is 4.98 Å². The number of benzene rings is 1. The molecular weight excluding hydrogens is 496 g/mol. The molecule has 1 saturated heterocycles. The lowest BCUT2D eigenvalue weighted by molar-refractivity contribution is -0.139. The maximum atomic E-state index is 13.6. The Morgan fingerprint density at radius 1 is 1.24 bits per heavy atom. The van der Waals surface area contributed by atoms with Crippen molar-refractivity contribution in [3.63, 3.8) is 0 Å². The summed E-state index contributed by atoms with van der Waals surface area (Å²) in [4.78, 5) is 28.1. The molecule has 2 amide bonds. The highest BCUT2D eigenvalue weighted by Gasteiger charge is 2.48. The number of ether oxygens (including phenoxy) is 3. The summed E-state index contributed by atoms with van der Waals surface area (Å²) >= 11 is 0. The SMILES string of the molecule is CCOC1CCC(C#Cc2cnc(OCC3CC(F)(F)C(=O)N3)c3cc(OC(C)C)c(C(N)=O)cc23)CC1. The van der Waals surface area contributed by atoms with Gasteiger partial charge in [0.2, 0.25) is 5.88 Å². The highest BCUT2D eigenvalue weighted by atomic mass is 19.3. The Morgan fingerprint density at radius 2 is 1.97 bits per heavy atom. The number of fused-ring (bicyclic) bond motifs is 1. The van der Waals surface area contributed by atoms with Crippen LogP contribution in [0.15, 0.2) is 18.3 Å². The van der Waals surface area contributed by atoms with Crippen molar-refractivity contribution in [3.05, 3.63) is 29.5 Å². The molecule has 204 valence electrons. The smallest absolute Gasteiger partial charge is 0.326 e. The molecule has 2 fully saturated rings. The first-order valence-electron chi connectivity index (χ1n) is 12.9. The minimum atomic E-state index is -3.43. The maximum Gasteiger partial charge on any atom is 0.326 e. The third kappa shape index (κ3) is 6.33. The number of hydrogen-bond donors (Lipinski definition) is 2. The summed E-state index contributed by atoms with van der Waals surface area (Å²) < 4.78 is 44.6. The summed E-state index contributed by atoms with van der Waals surface area (Å²) in [5.41, 5.74) is 6.42. The second-order valence-electron chi connectivity index (χ2n) is 9.99. The number of nitrogens with two attached hydrogens (primary N) is 1. The lowest BCUT2D eigenvalue weighted by Gasteiger charge is -2.25. The van der Waals surface area contributed by atoms with E-state index in [-0.39, 0.29) is 41.9 Å². The minimum Gasteiger partial charge on any atom is -0.490 e. The highest BCUT2D eigenvalue weighted by Crippen LogP contribution is 2.34. The average molecular weight is 530 g/mol. The van der Waals surface area contributed by atoms with Crippen LogP contribution in [0.4, 0.5) is 8.78 Å². The number of halogens is 2. The zero-order valence-corrected chi connectivity index (χ0v) is 21.8. The van der Waals surface area contributed by atoms with E-state index in [1.807, 2.05) is 20.8 Å². The molecule has 2 aliphatic rings. The molecule has 4 rings (SSSR count). The van der Waals surface area contributed by atoms with Gasteiger partial charge in [-0.1, -0.05) is 11.8 Å². The standard InChI is InChI=1S/C28H33F2N3O5/c1-4-36-20-9-6-17(7-10-20)5-8-18-14-32-26(37-15-19-13-28(29,30)27(35)33-19)22-12-24(38-16(2)3)23(25(31)34)11-21(18)22/h11-12,14,16-17,19-20H,4,6-7,9-10,13,15H2,1-3H3,(H2,31,34)(H,33,35). The van der Waals surface area contributed by atoms with Gasteiger partial charge < -0.3 is 25.3 Å². The van der Waals surface area contributed by atoms with Gasteiger partial charge in [0, 0.05) is 35.9 Å². The lowest BCUT2D eigenvalue weighted by Crippen LogP contribution is -2.33. The quantitative estimate of drug-likeness (QED) is 0.501. The van der Waals surface area contributed by atoms with Gasteiger partial charge in [0.1, 0.15) is 12.4 Å². The largest absolute Gasteiger partial charge is 0.490 e. The second-order valence-corrected chi connectivity index (χ2v) is 9.99. The van der Waals surface area contributed by atoms with Crippen molar-refractivity contribution in [2.45, 2.75) is 77.0 Å². The van der Waals surface area contributed by atoms with E-state index in [0.29, 0.717) is 22.9 Å². The molecule has 1 unspecified atom stereocenters. The Labute approximate surface area is 220 Å². The van der Waals surface area contributed by atoms with E-state index in [4.69, 9.17) is 19.9 Å². The number of primary amides is 1. The molecule has 1 aliphatic carbocycles. The molecule has 1 aromatic carbocycles. The predicted molar refractivity (Wildman–Crippen MR) is 137 cm³/mol. The van der Waals surface area contributed by atoms with Gasteiger partial charge in [-0.2, -0.15) is 8.78 Å². The van der Waals surface area contributed by atoms with E-state index < -0.39 is 30.2 Å². The van der Waals surface area contributed by atoms with Gasteiger partial charge in [0.05, 0.1) is 29.4 Å². The van der Waals surface area contributed by atoms with Crippen LogP contribution in [-0.4, -0.2) is 54.2 Å². The Morgan fingerprint density at radius 3 is 2.58 bits per heavy atom. The van der Waals surface area contributed by atoms with Crippen LogP contribution in [0.3, 0.4) is 0 Å². The Balaban J connectivity index is 1.67. The fraction of sp³-hybridized carbons (Fsp3) is 0.536. The minimum absolute atomic E-state index is 0.150. The van der Waals surface area contributed by atoms with Crippen molar-refractivity contribution in [1.82, 2.24) is 10.3 Å². The van der Waals surface area contributed by atoms with Crippen molar-refractivity contribution >= 4 is 22.6 Å². The number of carbonyl (C=O) groups excluding carboxylic acids is 2. The first-order chi connectivity index (χ1) is 18.1. The number of pyridine rings is 1. The van der Waals surface area contributed by atoms with Gasteiger partial charge in [0.15, 0.2) is 0 Å². The number of nitrogens with zero attached hydrogens (tertiary/aromatic N) is 1. The van der Waals surface area contributed by atoms with Crippen LogP contribution in [0.5, 0.6) is 11.6 Å². The topological polar surface area (TPSA) is 113 Å². The number of amides is 2. The molecule has 0 bridgehead atoms. The third-order valence-electron chi connectivity index (χ3n) is 6.66. The van der Waals surface area contributed by atoms with E-state index in [0.717, 1.165) is 25.7 Å². The molecule has 2 aromatic rings. The first-order valence-corrected chi connectivity index (χ1v) is 12.9. The second kappa shape index (κ2) is 11.5. The molecule has 1 atom stereocenters. The van der Waals surface area contributed by atoms with Crippen LogP contribution in [0, 0.1) is 17.8 Å². The fourth-order valence-electron chi connectivity index (χ4n) is 4.81. The first kappa shape index (κ1) is 27.6. The zero-order valence-electron chi connectivity index (χ0n) is 21.8. The van der Waals surface area contributed by atoms with Crippen molar-refractivity contribution in [2.75, 3.05) is 13.2 Å². The monoisotopic (exact) mass is 529 g/mol. The van der Waals surface area contributed by atoms with Crippen LogP contribution in [-0.2, 0) is 9.53 Å². The third-order valence-corrected chi connectivity index (χ3v) is 6.66. The zero-order chi connectivity index (χ0) is 27.4. The van der Waals surface area contributed by atoms with Gasteiger partial charge in [-0.05, 0) is 58.6 Å². The molecule has 1 aliphatic heterocycles. The molecule has 1 saturated carbocycles. The molecule has 2 heterocycles. The number of aromatic nitrogens is 1. The summed E-state index contributed by atoms with van der Waals surface area (Å²) in [6.07, 6.45) is 4.68. The van der Waals surface area contributed by atoms with E-state index >= 15 is 0 Å². The predicted octanol–water partition coefficient (Wildman–Crippen LogP) is 3.97. The van der Waals surface area contributed by atoms with E-state index in [1.165, 1.54) is 6.20 Å².